The van der Waals surface area contributed by atoms with Crippen molar-refractivity contribution < 1.29 is 0 Å². The van der Waals surface area contributed by atoms with Crippen LogP contribution in [-0.4, -0.2) is 23.6 Å². The van der Waals surface area contributed by atoms with Gasteiger partial charge in [-0.25, -0.2) is 4.99 Å². The Morgan fingerprint density at radius 3 is 2.63 bits per heavy atom. The fourth-order valence-corrected chi connectivity index (χ4v) is 1.75. The van der Waals surface area contributed by atoms with Gasteiger partial charge in [0.05, 0.1) is 6.54 Å². The van der Waals surface area contributed by atoms with Gasteiger partial charge in [-0.1, -0.05) is 19.8 Å². The number of nitrogens with one attached hydrogen (secondary N) is 2. The molecule has 0 aliphatic rings. The normalized spacial score (nSPS) is 11.0. The number of rotatable bonds is 7. The van der Waals surface area contributed by atoms with Gasteiger partial charge >= 0.3 is 0 Å². The largest absolute Gasteiger partial charge is 0.357 e. The second-order valence-electron chi connectivity index (χ2n) is 4.51. The predicted molar refractivity (Wildman–Crippen MR) is 93.2 cm³/mol. The van der Waals surface area contributed by atoms with Gasteiger partial charge in [0.15, 0.2) is 5.96 Å². The molecule has 4 nitrogen and oxygen atoms in total. The van der Waals surface area contributed by atoms with Crippen LogP contribution in [0.1, 0.15) is 38.7 Å². The molecule has 0 atom stereocenters. The van der Waals surface area contributed by atoms with Crippen molar-refractivity contribution in [1.82, 2.24) is 15.2 Å². The lowest BCUT2D eigenvalue weighted by atomic mass is 10.2. The quantitative estimate of drug-likeness (QED) is 0.332. The smallest absolute Gasteiger partial charge is 0.191 e. The number of hydrogen-bond acceptors (Lipinski definition) is 1. The number of aliphatic imine (C=N–C) groups is 1. The Balaban J connectivity index is 0.00000324. The maximum atomic E-state index is 4.58. The molecule has 1 aromatic heterocycles. The summed E-state index contributed by atoms with van der Waals surface area (Å²) in [5.41, 5.74) is 1.24. The fraction of sp³-hybridized carbons (Fsp3) is 0.643. The van der Waals surface area contributed by atoms with E-state index < -0.39 is 0 Å². The number of nitrogens with zero attached hydrogens (tertiary/aromatic N) is 2. The Morgan fingerprint density at radius 1 is 1.26 bits per heavy atom. The van der Waals surface area contributed by atoms with E-state index in [1.54, 1.807) is 0 Å². The van der Waals surface area contributed by atoms with Gasteiger partial charge in [-0.2, -0.15) is 0 Å². The highest BCUT2D eigenvalue weighted by molar-refractivity contribution is 14.0. The van der Waals surface area contributed by atoms with Crippen LogP contribution in [0.5, 0.6) is 0 Å². The van der Waals surface area contributed by atoms with E-state index in [1.807, 2.05) is 17.8 Å². The highest BCUT2D eigenvalue weighted by Gasteiger charge is 1.97. The molecule has 0 unspecified atom stereocenters. The second-order valence-corrected chi connectivity index (χ2v) is 4.51. The summed E-state index contributed by atoms with van der Waals surface area (Å²) >= 11 is 0. The molecule has 0 aliphatic carbocycles. The third kappa shape index (κ3) is 8.13. The van der Waals surface area contributed by atoms with Crippen LogP contribution < -0.4 is 10.6 Å². The number of aryl methyl sites for hydroxylation is 1. The average Bonchev–Trinajstić information content (AvgIpc) is 2.77. The summed E-state index contributed by atoms with van der Waals surface area (Å²) in [7, 11) is 2.03. The SMILES string of the molecule is CCCCCNC(=NCc1ccn(C)c1)NCC.I. The monoisotopic (exact) mass is 378 g/mol. The van der Waals surface area contributed by atoms with E-state index in [0.717, 1.165) is 25.6 Å². The third-order valence-corrected chi connectivity index (χ3v) is 2.73. The lowest BCUT2D eigenvalue weighted by Gasteiger charge is -2.10. The van der Waals surface area contributed by atoms with E-state index in [4.69, 9.17) is 0 Å². The zero-order valence-electron chi connectivity index (χ0n) is 12.3. The van der Waals surface area contributed by atoms with Crippen molar-refractivity contribution in [2.45, 2.75) is 39.7 Å². The molecule has 5 heteroatoms. The molecule has 0 bridgehead atoms. The van der Waals surface area contributed by atoms with Crippen LogP contribution in [0, 0.1) is 0 Å². The van der Waals surface area contributed by atoms with Crippen molar-refractivity contribution in [3.8, 4) is 0 Å². The van der Waals surface area contributed by atoms with Gasteiger partial charge in [-0.3, -0.25) is 0 Å². The molecule has 0 aromatic carbocycles. The summed E-state index contributed by atoms with van der Waals surface area (Å²) in [4.78, 5) is 4.58. The second kappa shape index (κ2) is 11.1. The molecule has 2 N–H and O–H groups in total. The highest BCUT2D eigenvalue weighted by Crippen LogP contribution is 2.01. The minimum Gasteiger partial charge on any atom is -0.357 e. The van der Waals surface area contributed by atoms with E-state index in [-0.39, 0.29) is 24.0 Å². The van der Waals surface area contributed by atoms with Crippen LogP contribution in [0.2, 0.25) is 0 Å². The molecule has 0 aliphatic heterocycles. The van der Waals surface area contributed by atoms with Crippen molar-refractivity contribution in [3.05, 3.63) is 24.0 Å². The number of halogens is 1. The summed E-state index contributed by atoms with van der Waals surface area (Å²) in [6, 6.07) is 2.10. The van der Waals surface area contributed by atoms with Gasteiger partial charge < -0.3 is 15.2 Å². The molecule has 110 valence electrons. The molecule has 19 heavy (non-hydrogen) atoms. The van der Waals surface area contributed by atoms with E-state index in [0.29, 0.717) is 0 Å². The topological polar surface area (TPSA) is 41.4 Å². The maximum Gasteiger partial charge on any atom is 0.191 e. The number of hydrogen-bond donors (Lipinski definition) is 2. The van der Waals surface area contributed by atoms with Crippen molar-refractivity contribution in [3.63, 3.8) is 0 Å². The summed E-state index contributed by atoms with van der Waals surface area (Å²) in [5, 5.41) is 6.63. The minimum atomic E-state index is 0. The molecule has 1 rings (SSSR count). The van der Waals surface area contributed by atoms with Crippen molar-refractivity contribution in [1.29, 1.82) is 0 Å². The van der Waals surface area contributed by atoms with Crippen molar-refractivity contribution in [2.24, 2.45) is 12.0 Å². The lowest BCUT2D eigenvalue weighted by molar-refractivity contribution is 0.683. The first-order valence-electron chi connectivity index (χ1n) is 6.89. The van der Waals surface area contributed by atoms with Crippen LogP contribution in [0.4, 0.5) is 0 Å². The zero-order chi connectivity index (χ0) is 13.2. The Labute approximate surface area is 134 Å². The summed E-state index contributed by atoms with van der Waals surface area (Å²) in [5.74, 6) is 0.914. The minimum absolute atomic E-state index is 0. The molecule has 0 saturated heterocycles. The Hall–Kier alpha value is -0.720. The van der Waals surface area contributed by atoms with Crippen molar-refractivity contribution >= 4 is 29.9 Å². The summed E-state index contributed by atoms with van der Waals surface area (Å²) < 4.78 is 2.05. The van der Waals surface area contributed by atoms with Gasteiger partial charge in [0.25, 0.3) is 0 Å². The third-order valence-electron chi connectivity index (χ3n) is 2.73. The van der Waals surface area contributed by atoms with E-state index in [2.05, 4.69) is 41.7 Å². The Kier molecular flexibility index (Phi) is 10.7. The van der Waals surface area contributed by atoms with Gasteiger partial charge in [0, 0.05) is 32.5 Å². The van der Waals surface area contributed by atoms with Gasteiger partial charge in [-0.15, -0.1) is 24.0 Å². The number of guanidine groups is 1. The molecule has 0 saturated carbocycles. The zero-order valence-corrected chi connectivity index (χ0v) is 14.6. The molecule has 0 amide bonds. The average molecular weight is 378 g/mol. The first-order valence-corrected chi connectivity index (χ1v) is 6.89. The molecule has 0 spiro atoms. The van der Waals surface area contributed by atoms with Gasteiger partial charge in [-0.05, 0) is 25.0 Å². The molecule has 0 radical (unpaired) electrons. The fourth-order valence-electron chi connectivity index (χ4n) is 1.75. The maximum absolute atomic E-state index is 4.58. The van der Waals surface area contributed by atoms with Gasteiger partial charge in [0.2, 0.25) is 0 Å². The molecular weight excluding hydrogens is 351 g/mol. The van der Waals surface area contributed by atoms with E-state index in [1.165, 1.54) is 24.8 Å². The number of aromatic nitrogens is 1. The van der Waals surface area contributed by atoms with Crippen LogP contribution in [-0.2, 0) is 13.6 Å². The molecule has 0 fully saturated rings. The van der Waals surface area contributed by atoms with E-state index >= 15 is 0 Å². The lowest BCUT2D eigenvalue weighted by Crippen LogP contribution is -2.37. The predicted octanol–water partition coefficient (Wildman–Crippen LogP) is 2.89. The first-order chi connectivity index (χ1) is 8.76. The number of unbranched alkanes of at least 4 members (excludes halogenated alkanes) is 2. The van der Waals surface area contributed by atoms with Crippen LogP contribution >= 0.6 is 24.0 Å². The first kappa shape index (κ1) is 18.3. The molecule has 1 aromatic rings. The van der Waals surface area contributed by atoms with Crippen LogP contribution in [0.15, 0.2) is 23.5 Å². The Bertz CT molecular complexity index is 360. The Morgan fingerprint density at radius 2 is 2.05 bits per heavy atom. The van der Waals surface area contributed by atoms with Gasteiger partial charge in [0.1, 0.15) is 0 Å². The summed E-state index contributed by atoms with van der Waals surface area (Å²) in [6.45, 7) is 6.92. The molecule has 1 heterocycles. The highest BCUT2D eigenvalue weighted by atomic mass is 127. The van der Waals surface area contributed by atoms with Crippen LogP contribution in [0.25, 0.3) is 0 Å². The van der Waals surface area contributed by atoms with E-state index in [9.17, 15) is 0 Å². The molecular formula is C14H27IN4. The van der Waals surface area contributed by atoms with Crippen molar-refractivity contribution in [2.75, 3.05) is 13.1 Å². The standard InChI is InChI=1S/C14H26N4.HI/c1-4-6-7-9-16-14(15-5-2)17-11-13-8-10-18(3)12-13;/h8,10,12H,4-7,9,11H2,1-3H3,(H2,15,16,17);1H. The van der Waals surface area contributed by atoms with Crippen LogP contribution in [0.3, 0.4) is 0 Å². The summed E-state index contributed by atoms with van der Waals surface area (Å²) in [6.07, 6.45) is 7.87.